The molecule has 0 aliphatic carbocycles. The third-order valence-corrected chi connectivity index (χ3v) is 6.26. The van der Waals surface area contributed by atoms with Gasteiger partial charge in [-0.25, -0.2) is 4.79 Å². The van der Waals surface area contributed by atoms with E-state index < -0.39 is 6.09 Å². The summed E-state index contributed by atoms with van der Waals surface area (Å²) in [5, 5.41) is 12.0. The van der Waals surface area contributed by atoms with Crippen molar-refractivity contribution < 1.29 is 14.7 Å². The van der Waals surface area contributed by atoms with Gasteiger partial charge in [0.2, 0.25) is 0 Å². The van der Waals surface area contributed by atoms with Crippen molar-refractivity contribution in [1.29, 1.82) is 0 Å². The van der Waals surface area contributed by atoms with Gasteiger partial charge in [-0.3, -0.25) is 4.79 Å². The molecule has 0 aromatic carbocycles. The van der Waals surface area contributed by atoms with Gasteiger partial charge in [-0.15, -0.1) is 11.3 Å². The molecule has 2 aliphatic rings. The van der Waals surface area contributed by atoms with Crippen LogP contribution in [0.5, 0.6) is 0 Å². The van der Waals surface area contributed by atoms with Crippen molar-refractivity contribution in [2.75, 3.05) is 19.6 Å². The number of hydrogen-bond acceptors (Lipinski definition) is 3. The van der Waals surface area contributed by atoms with Crippen molar-refractivity contribution in [1.82, 2.24) is 10.2 Å². The Bertz CT molecular complexity index is 670. The molecular weight excluding hydrogens is 312 g/mol. The van der Waals surface area contributed by atoms with Crippen molar-refractivity contribution in [3.8, 4) is 0 Å². The number of nitrogens with zero attached hydrogens (tertiary/aromatic N) is 1. The summed E-state index contributed by atoms with van der Waals surface area (Å²) in [5.41, 5.74) is 3.22. The minimum absolute atomic E-state index is 0.0439. The standard InChI is InChI=1S/C17H22N2O3S/c1-3-12(11-5-8-19(9-6-11)17(21)22)15-10(2)14-13(23-15)4-7-18-16(14)20/h3,11H,4-9H2,1-2H3,(H,18,20)(H,21,22)/b12-3+. The predicted molar refractivity (Wildman–Crippen MR) is 91.1 cm³/mol. The van der Waals surface area contributed by atoms with E-state index in [9.17, 15) is 9.59 Å². The van der Waals surface area contributed by atoms with Crippen molar-refractivity contribution in [2.45, 2.75) is 33.1 Å². The van der Waals surface area contributed by atoms with Crippen LogP contribution in [0.15, 0.2) is 6.08 Å². The topological polar surface area (TPSA) is 69.6 Å². The summed E-state index contributed by atoms with van der Waals surface area (Å²) in [4.78, 5) is 27.1. The van der Waals surface area contributed by atoms with E-state index in [1.807, 2.05) is 13.8 Å². The quantitative estimate of drug-likeness (QED) is 0.873. The van der Waals surface area contributed by atoms with Gasteiger partial charge in [0.25, 0.3) is 5.91 Å². The highest BCUT2D eigenvalue weighted by Gasteiger charge is 2.30. The van der Waals surface area contributed by atoms with Crippen LogP contribution in [0.3, 0.4) is 0 Å². The molecule has 124 valence electrons. The molecule has 1 saturated heterocycles. The monoisotopic (exact) mass is 334 g/mol. The van der Waals surface area contributed by atoms with Crippen molar-refractivity contribution in [2.24, 2.45) is 5.92 Å². The van der Waals surface area contributed by atoms with Crippen LogP contribution in [0.1, 0.15) is 45.4 Å². The van der Waals surface area contributed by atoms with Crippen LogP contribution in [-0.2, 0) is 6.42 Å². The van der Waals surface area contributed by atoms with Gasteiger partial charge in [-0.05, 0) is 50.2 Å². The molecule has 0 bridgehead atoms. The molecule has 6 heteroatoms. The molecular formula is C17H22N2O3S. The maximum absolute atomic E-state index is 12.1. The maximum Gasteiger partial charge on any atom is 0.407 e. The lowest BCUT2D eigenvalue weighted by molar-refractivity contribution is 0.0946. The van der Waals surface area contributed by atoms with Gasteiger partial charge in [0, 0.05) is 29.4 Å². The molecule has 3 heterocycles. The molecule has 2 amide bonds. The van der Waals surface area contributed by atoms with Crippen LogP contribution < -0.4 is 5.32 Å². The number of amides is 2. The molecule has 0 radical (unpaired) electrons. The second-order valence-electron chi connectivity index (χ2n) is 6.15. The zero-order valence-corrected chi connectivity index (χ0v) is 14.3. The fourth-order valence-corrected chi connectivity index (χ4v) is 5.09. The summed E-state index contributed by atoms with van der Waals surface area (Å²) in [6.07, 6.45) is 3.91. The summed E-state index contributed by atoms with van der Waals surface area (Å²) in [5.74, 6) is 0.417. The number of nitrogens with one attached hydrogen (secondary N) is 1. The summed E-state index contributed by atoms with van der Waals surface area (Å²) >= 11 is 1.74. The molecule has 1 aromatic rings. The average Bonchev–Trinajstić information content (AvgIpc) is 2.87. The zero-order chi connectivity index (χ0) is 16.6. The van der Waals surface area contributed by atoms with Crippen LogP contribution >= 0.6 is 11.3 Å². The number of allylic oxidation sites excluding steroid dienone is 2. The van der Waals surface area contributed by atoms with Gasteiger partial charge >= 0.3 is 6.09 Å². The second kappa shape index (κ2) is 6.35. The number of piperidine rings is 1. The Morgan fingerprint density at radius 1 is 1.39 bits per heavy atom. The minimum atomic E-state index is -0.829. The highest BCUT2D eigenvalue weighted by Crippen LogP contribution is 2.40. The van der Waals surface area contributed by atoms with Gasteiger partial charge in [-0.2, -0.15) is 0 Å². The molecule has 0 saturated carbocycles. The number of carbonyl (C=O) groups is 2. The number of rotatable bonds is 2. The Balaban J connectivity index is 1.86. The summed E-state index contributed by atoms with van der Waals surface area (Å²) in [6.45, 7) is 5.96. The van der Waals surface area contributed by atoms with E-state index in [2.05, 4.69) is 11.4 Å². The van der Waals surface area contributed by atoms with Crippen LogP contribution in [-0.4, -0.2) is 41.6 Å². The van der Waals surface area contributed by atoms with Crippen LogP contribution in [0.25, 0.3) is 5.57 Å². The fraction of sp³-hybridized carbons (Fsp3) is 0.529. The Hall–Kier alpha value is -1.82. The number of thiophene rings is 1. The SMILES string of the molecule is C/C=C(/c1sc2c(c1C)C(=O)NCC2)C1CCN(C(=O)O)CC1. The summed E-state index contributed by atoms with van der Waals surface area (Å²) in [6, 6.07) is 0. The van der Waals surface area contributed by atoms with Gasteiger partial charge < -0.3 is 15.3 Å². The van der Waals surface area contributed by atoms with E-state index in [1.54, 1.807) is 11.3 Å². The van der Waals surface area contributed by atoms with Gasteiger partial charge in [0.15, 0.2) is 0 Å². The molecule has 2 aliphatic heterocycles. The van der Waals surface area contributed by atoms with E-state index in [1.165, 1.54) is 20.2 Å². The highest BCUT2D eigenvalue weighted by molar-refractivity contribution is 7.13. The lowest BCUT2D eigenvalue weighted by Gasteiger charge is -2.31. The van der Waals surface area contributed by atoms with Crippen LogP contribution in [0, 0.1) is 12.8 Å². The lowest BCUT2D eigenvalue weighted by atomic mass is 9.86. The third-order valence-electron chi connectivity index (χ3n) is 4.86. The van der Waals surface area contributed by atoms with Crippen LogP contribution in [0.4, 0.5) is 4.79 Å². The Kier molecular flexibility index (Phi) is 4.43. The van der Waals surface area contributed by atoms with Crippen molar-refractivity contribution >= 4 is 28.9 Å². The van der Waals surface area contributed by atoms with Gasteiger partial charge in [-0.1, -0.05) is 6.08 Å². The summed E-state index contributed by atoms with van der Waals surface area (Å²) < 4.78 is 0. The number of fused-ring (bicyclic) bond motifs is 1. The Morgan fingerprint density at radius 3 is 2.65 bits per heavy atom. The molecule has 2 N–H and O–H groups in total. The molecule has 0 unspecified atom stereocenters. The molecule has 23 heavy (non-hydrogen) atoms. The Labute approximate surface area is 140 Å². The van der Waals surface area contributed by atoms with Gasteiger partial charge in [0.1, 0.15) is 0 Å². The van der Waals surface area contributed by atoms with Gasteiger partial charge in [0.05, 0.1) is 5.56 Å². The van der Waals surface area contributed by atoms with E-state index in [-0.39, 0.29) is 5.91 Å². The predicted octanol–water partition coefficient (Wildman–Crippen LogP) is 3.14. The van der Waals surface area contributed by atoms with E-state index in [4.69, 9.17) is 5.11 Å². The second-order valence-corrected chi connectivity index (χ2v) is 7.25. The molecule has 0 atom stereocenters. The molecule has 0 spiro atoms. The molecule has 1 aromatic heterocycles. The number of likely N-dealkylation sites (tertiary alicyclic amines) is 1. The maximum atomic E-state index is 12.1. The highest BCUT2D eigenvalue weighted by atomic mass is 32.1. The average molecular weight is 334 g/mol. The number of carbonyl (C=O) groups excluding carboxylic acids is 1. The summed E-state index contributed by atoms with van der Waals surface area (Å²) in [7, 11) is 0. The molecule has 1 fully saturated rings. The molecule has 3 rings (SSSR count). The Morgan fingerprint density at radius 2 is 2.09 bits per heavy atom. The zero-order valence-electron chi connectivity index (χ0n) is 13.5. The first kappa shape index (κ1) is 16.1. The van der Waals surface area contributed by atoms with Crippen molar-refractivity contribution in [3.05, 3.63) is 27.0 Å². The lowest BCUT2D eigenvalue weighted by Crippen LogP contribution is -2.37. The normalized spacial score (nSPS) is 19.5. The first-order chi connectivity index (χ1) is 11.0. The van der Waals surface area contributed by atoms with Crippen LogP contribution in [0.2, 0.25) is 0 Å². The minimum Gasteiger partial charge on any atom is -0.465 e. The fourth-order valence-electron chi connectivity index (χ4n) is 3.63. The van der Waals surface area contributed by atoms with Crippen molar-refractivity contribution in [3.63, 3.8) is 0 Å². The van der Waals surface area contributed by atoms with E-state index in [0.29, 0.717) is 25.6 Å². The number of carboxylic acid groups (broad SMARTS) is 1. The van der Waals surface area contributed by atoms with E-state index in [0.717, 1.165) is 30.4 Å². The first-order valence-corrected chi connectivity index (χ1v) is 8.89. The number of hydrogen-bond donors (Lipinski definition) is 2. The molecule has 5 nitrogen and oxygen atoms in total. The largest absolute Gasteiger partial charge is 0.465 e. The first-order valence-electron chi connectivity index (χ1n) is 8.07. The third kappa shape index (κ3) is 2.87. The van der Waals surface area contributed by atoms with E-state index >= 15 is 0 Å². The smallest absolute Gasteiger partial charge is 0.407 e.